The summed E-state index contributed by atoms with van der Waals surface area (Å²) in [5, 5.41) is 0. The first-order valence-electron chi connectivity index (χ1n) is 2.03. The van der Waals surface area contributed by atoms with E-state index < -0.39 is 31.2 Å². The van der Waals surface area contributed by atoms with Crippen molar-refractivity contribution >= 4 is 54.2 Å². The van der Waals surface area contributed by atoms with Crippen LogP contribution in [0.5, 0.6) is 0 Å². The van der Waals surface area contributed by atoms with Gasteiger partial charge in [0, 0.05) is 20.8 Å². The molecule has 0 aliphatic carbocycles. The molecule has 96 valence electrons. The molecule has 0 aliphatic rings. The molecule has 12 nitrogen and oxygen atoms in total. The van der Waals surface area contributed by atoms with Crippen LogP contribution >= 0.6 is 0 Å². The zero-order valence-electron chi connectivity index (χ0n) is 8.91. The Bertz CT molecular complexity index is 346. The summed E-state index contributed by atoms with van der Waals surface area (Å²) in [5.74, 6) is 0. The minimum atomic E-state index is -5.17. The van der Waals surface area contributed by atoms with E-state index in [-0.39, 0.29) is 126 Å². The molecule has 0 saturated heterocycles. The van der Waals surface area contributed by atoms with Gasteiger partial charge in [0.2, 0.25) is 0 Å². The molecule has 0 rings (SSSR count). The molecule has 0 spiro atoms. The van der Waals surface area contributed by atoms with Crippen molar-refractivity contribution in [1.29, 1.82) is 0 Å². The summed E-state index contributed by atoms with van der Waals surface area (Å²) < 4.78 is 99.7. The summed E-state index contributed by atoms with van der Waals surface area (Å²) in [6.45, 7) is 0. The summed E-state index contributed by atoms with van der Waals surface area (Å²) in [5.41, 5.74) is 0. The van der Waals surface area contributed by atoms with Crippen LogP contribution in [0.1, 0.15) is 0 Å². The second-order valence-electron chi connectivity index (χ2n) is 1.26. The van der Waals surface area contributed by atoms with E-state index in [2.05, 4.69) is 0 Å². The molecule has 0 saturated carbocycles. The van der Waals surface area contributed by atoms with Crippen molar-refractivity contribution in [3.8, 4) is 0 Å². The van der Waals surface area contributed by atoms with E-state index in [9.17, 15) is 0 Å². The topological polar surface area (TPSA) is 235 Å². The van der Waals surface area contributed by atoms with Gasteiger partial charge in [-0.1, -0.05) is 0 Å². The van der Waals surface area contributed by atoms with Gasteiger partial charge < -0.3 is 18.2 Å². The normalized spacial score (nSPS) is 9.67. The van der Waals surface area contributed by atoms with Gasteiger partial charge in [-0.05, 0) is 0 Å². The van der Waals surface area contributed by atoms with Crippen LogP contribution in [0.4, 0.5) is 0 Å². The van der Waals surface area contributed by atoms with E-state index >= 15 is 0 Å². The molecule has 2 N–H and O–H groups in total. The SMILES string of the molecule is O=S(=O)(O)O.O=S(=O)([O-])[O-].O=S(=O)([O-])[O-].[K+].[K+].[Mg+2]. The Labute approximate surface area is 204 Å². The van der Waals surface area contributed by atoms with E-state index in [1.54, 1.807) is 0 Å². The average Bonchev–Trinajstić information content (AvgIpc) is 1.41. The van der Waals surface area contributed by atoms with E-state index in [0.717, 1.165) is 0 Å². The minimum Gasteiger partial charge on any atom is -0.759 e. The summed E-state index contributed by atoms with van der Waals surface area (Å²) >= 11 is 0. The molecular formula is H2K2MgO12S3. The molecule has 0 radical (unpaired) electrons. The second-order valence-corrected chi connectivity index (χ2v) is 3.79. The van der Waals surface area contributed by atoms with Crippen LogP contribution in [-0.2, 0) is 31.2 Å². The molecule has 0 aromatic rings. The van der Waals surface area contributed by atoms with Gasteiger partial charge in [-0.2, -0.15) is 8.42 Å². The van der Waals surface area contributed by atoms with Gasteiger partial charge in [-0.3, -0.25) is 25.9 Å². The van der Waals surface area contributed by atoms with Crippen molar-refractivity contribution in [2.24, 2.45) is 0 Å². The second kappa shape index (κ2) is 17.0. The Morgan fingerprint density at radius 2 is 0.611 bits per heavy atom. The largest absolute Gasteiger partial charge is 2.00 e. The maximum absolute atomic E-state index is 8.74. The fraction of sp³-hybridized carbons (Fsp3) is 0. The van der Waals surface area contributed by atoms with Crippen LogP contribution < -0.4 is 103 Å². The van der Waals surface area contributed by atoms with Gasteiger partial charge >= 0.3 is 136 Å². The van der Waals surface area contributed by atoms with E-state index in [0.29, 0.717) is 0 Å². The van der Waals surface area contributed by atoms with Crippen molar-refractivity contribution in [2.75, 3.05) is 0 Å². The van der Waals surface area contributed by atoms with Gasteiger partial charge in [0.05, 0.1) is 0 Å². The van der Waals surface area contributed by atoms with Crippen LogP contribution in [-0.4, -0.2) is 75.6 Å². The molecule has 0 heterocycles. The van der Waals surface area contributed by atoms with Crippen LogP contribution in [0.2, 0.25) is 0 Å². The molecule has 0 unspecified atom stereocenters. The Kier molecular flexibility index (Phi) is 35.6. The predicted octanol–water partition coefficient (Wildman–Crippen LogP) is -9.70. The van der Waals surface area contributed by atoms with Gasteiger partial charge in [0.1, 0.15) is 0 Å². The molecule has 0 amide bonds. The summed E-state index contributed by atoms with van der Waals surface area (Å²) in [7, 11) is -15.0. The maximum atomic E-state index is 8.74. The Balaban J connectivity index is -0.0000000277. The van der Waals surface area contributed by atoms with Crippen LogP contribution in [0.3, 0.4) is 0 Å². The van der Waals surface area contributed by atoms with E-state index in [4.69, 9.17) is 52.6 Å². The third-order valence-corrected chi connectivity index (χ3v) is 0. The molecule has 0 atom stereocenters. The number of hydrogen-bond donors (Lipinski definition) is 2. The fourth-order valence-corrected chi connectivity index (χ4v) is 0. The number of rotatable bonds is 0. The first kappa shape index (κ1) is 37.7. The smallest absolute Gasteiger partial charge is 0.759 e. The average molecular weight is 393 g/mol. The number of hydrogen-bond acceptors (Lipinski definition) is 10. The molecule has 0 bridgehead atoms. The maximum Gasteiger partial charge on any atom is 2.00 e. The van der Waals surface area contributed by atoms with Crippen LogP contribution in [0.25, 0.3) is 0 Å². The first-order valence-corrected chi connectivity index (χ1v) is 6.10. The third kappa shape index (κ3) is 513. The van der Waals surface area contributed by atoms with Gasteiger partial charge in [0.15, 0.2) is 0 Å². The zero-order valence-corrected chi connectivity index (χ0v) is 19.0. The Morgan fingerprint density at radius 1 is 0.611 bits per heavy atom. The van der Waals surface area contributed by atoms with Crippen LogP contribution in [0.15, 0.2) is 0 Å². The standard InChI is InChI=1S/2K.Mg.3H2O4S/c;;;3*1-5(2,3)4/h;;;3*(H2,1,2,3,4)/q2*+1;+2;;;/p-4. The summed E-state index contributed by atoms with van der Waals surface area (Å²) in [6, 6.07) is 0. The Hall–Kier alpha value is 3.65. The predicted molar refractivity (Wildman–Crippen MR) is 40.9 cm³/mol. The quantitative estimate of drug-likeness (QED) is 0.222. The van der Waals surface area contributed by atoms with Crippen molar-refractivity contribution in [3.05, 3.63) is 0 Å². The summed E-state index contributed by atoms with van der Waals surface area (Å²) in [4.78, 5) is 0. The molecule has 0 fully saturated rings. The van der Waals surface area contributed by atoms with Crippen molar-refractivity contribution in [1.82, 2.24) is 0 Å². The Morgan fingerprint density at radius 3 is 0.611 bits per heavy atom. The van der Waals surface area contributed by atoms with E-state index in [1.165, 1.54) is 0 Å². The van der Waals surface area contributed by atoms with Crippen LogP contribution in [0, 0.1) is 0 Å². The van der Waals surface area contributed by atoms with E-state index in [1.807, 2.05) is 0 Å². The third-order valence-electron chi connectivity index (χ3n) is 0. The zero-order chi connectivity index (χ0) is 13.5. The molecular weight excluding hydrogens is 391 g/mol. The minimum absolute atomic E-state index is 0. The summed E-state index contributed by atoms with van der Waals surface area (Å²) in [6.07, 6.45) is 0. The molecule has 0 aromatic carbocycles. The fourth-order valence-electron chi connectivity index (χ4n) is 0. The van der Waals surface area contributed by atoms with Gasteiger partial charge in [0.25, 0.3) is 0 Å². The molecule has 18 heavy (non-hydrogen) atoms. The first-order chi connectivity index (χ1) is 6.00. The molecule has 0 aromatic heterocycles. The molecule has 18 heteroatoms. The van der Waals surface area contributed by atoms with Gasteiger partial charge in [-0.15, -0.1) is 0 Å². The van der Waals surface area contributed by atoms with Gasteiger partial charge in [-0.25, -0.2) is 0 Å². The van der Waals surface area contributed by atoms with Crippen molar-refractivity contribution < 1.29 is 155 Å². The van der Waals surface area contributed by atoms with Crippen molar-refractivity contribution in [3.63, 3.8) is 0 Å². The molecule has 0 aliphatic heterocycles. The van der Waals surface area contributed by atoms with Crippen molar-refractivity contribution in [2.45, 2.75) is 0 Å². The monoisotopic (exact) mass is 392 g/mol.